The van der Waals surface area contributed by atoms with Gasteiger partial charge in [0.25, 0.3) is 0 Å². The van der Waals surface area contributed by atoms with Crippen molar-refractivity contribution in [2.45, 2.75) is 19.3 Å². The van der Waals surface area contributed by atoms with Crippen LogP contribution in [-0.2, 0) is 5.41 Å². The Hall–Kier alpha value is -7.68. The molecule has 0 N–H and O–H groups in total. The van der Waals surface area contributed by atoms with E-state index in [1.54, 1.807) is 0 Å². The quantitative estimate of drug-likeness (QED) is 0.167. The van der Waals surface area contributed by atoms with E-state index in [0.717, 1.165) is 60.9 Å². The van der Waals surface area contributed by atoms with Gasteiger partial charge >= 0.3 is 0 Å². The fraction of sp³-hybridized carbons (Fsp3) is 0.0508. The van der Waals surface area contributed by atoms with Crippen LogP contribution in [0.4, 0.5) is 17.1 Å². The molecule has 11 aromatic rings. The lowest BCUT2D eigenvalue weighted by atomic mass is 9.82. The van der Waals surface area contributed by atoms with Gasteiger partial charge in [0.15, 0.2) is 0 Å². The van der Waals surface area contributed by atoms with Crippen molar-refractivity contribution in [3.63, 3.8) is 0 Å². The minimum absolute atomic E-state index is 0.145. The first-order valence-corrected chi connectivity index (χ1v) is 21.2. The predicted octanol–water partition coefficient (Wildman–Crippen LogP) is 16.7. The zero-order valence-corrected chi connectivity index (χ0v) is 34.1. The molecule has 0 saturated heterocycles. The molecule has 0 radical (unpaired) electrons. The molecule has 0 spiro atoms. The predicted molar refractivity (Wildman–Crippen MR) is 257 cm³/mol. The van der Waals surface area contributed by atoms with Gasteiger partial charge in [-0.15, -0.1) is 0 Å². The van der Waals surface area contributed by atoms with Crippen LogP contribution < -0.4 is 4.90 Å². The second kappa shape index (κ2) is 13.7. The molecule has 12 rings (SSSR count). The normalized spacial score (nSPS) is 12.9. The van der Waals surface area contributed by atoms with Crippen LogP contribution in [0.25, 0.3) is 88.0 Å². The fourth-order valence-corrected chi connectivity index (χ4v) is 9.95. The number of hydrogen-bond acceptors (Lipinski definition) is 2. The van der Waals surface area contributed by atoms with E-state index >= 15 is 0 Å². The summed E-state index contributed by atoms with van der Waals surface area (Å²) in [5.41, 5.74) is 17.3. The molecule has 1 aliphatic rings. The largest absolute Gasteiger partial charge is 0.455 e. The highest BCUT2D eigenvalue weighted by Gasteiger charge is 2.36. The van der Waals surface area contributed by atoms with Gasteiger partial charge in [0.05, 0.1) is 5.69 Å². The molecule has 61 heavy (non-hydrogen) atoms. The van der Waals surface area contributed by atoms with Crippen molar-refractivity contribution in [2.75, 3.05) is 4.90 Å². The van der Waals surface area contributed by atoms with E-state index in [0.29, 0.717) is 0 Å². The molecule has 0 aliphatic heterocycles. The van der Waals surface area contributed by atoms with Crippen molar-refractivity contribution in [3.8, 4) is 44.5 Å². The number of nitrogens with zero attached hydrogens (tertiary/aromatic N) is 1. The fourth-order valence-electron chi connectivity index (χ4n) is 9.95. The van der Waals surface area contributed by atoms with Crippen LogP contribution in [0.3, 0.4) is 0 Å². The monoisotopic (exact) mass is 779 g/mol. The second-order valence-electron chi connectivity index (χ2n) is 16.9. The third-order valence-corrected chi connectivity index (χ3v) is 13.0. The summed E-state index contributed by atoms with van der Waals surface area (Å²) < 4.78 is 7.02. The molecule has 0 amide bonds. The minimum Gasteiger partial charge on any atom is -0.455 e. The molecule has 0 atom stereocenters. The average Bonchev–Trinajstić information content (AvgIpc) is 3.80. The van der Waals surface area contributed by atoms with Crippen LogP contribution in [0, 0.1) is 0 Å². The Bertz CT molecular complexity index is 3490. The SMILES string of the molecule is CC1(C)c2ccccc2-c2ccc(N(c3ccc(-c4ccccc4)cc3)c3cc4c5cc(-c6ccccc6)c(-c6ccc7ccccc7c6)cc5oc4c4ccccc34)cc21. The van der Waals surface area contributed by atoms with Crippen molar-refractivity contribution >= 4 is 60.5 Å². The zero-order chi connectivity index (χ0) is 40.7. The lowest BCUT2D eigenvalue weighted by Gasteiger charge is -2.29. The third-order valence-electron chi connectivity index (χ3n) is 13.0. The highest BCUT2D eigenvalue weighted by molar-refractivity contribution is 6.21. The van der Waals surface area contributed by atoms with Crippen LogP contribution in [0.1, 0.15) is 25.0 Å². The van der Waals surface area contributed by atoms with E-state index in [9.17, 15) is 0 Å². The summed E-state index contributed by atoms with van der Waals surface area (Å²) in [6, 6.07) is 77.4. The molecular formula is C59H41NO. The van der Waals surface area contributed by atoms with E-state index in [2.05, 4.69) is 231 Å². The number of fused-ring (bicyclic) bond motifs is 9. The van der Waals surface area contributed by atoms with Gasteiger partial charge in [-0.05, 0) is 115 Å². The molecule has 10 aromatic carbocycles. The summed E-state index contributed by atoms with van der Waals surface area (Å²) in [5, 5.41) is 6.84. The topological polar surface area (TPSA) is 16.4 Å². The first-order valence-electron chi connectivity index (χ1n) is 21.2. The zero-order valence-electron chi connectivity index (χ0n) is 34.1. The lowest BCUT2D eigenvalue weighted by molar-refractivity contribution is 0.660. The van der Waals surface area contributed by atoms with E-state index < -0.39 is 0 Å². The Morgan fingerprint density at radius 3 is 1.77 bits per heavy atom. The smallest absolute Gasteiger partial charge is 0.143 e. The highest BCUT2D eigenvalue weighted by atomic mass is 16.3. The molecule has 0 bridgehead atoms. The standard InChI is InChI=1S/C59H41NO/c1-59(2)54-24-14-13-21-46(54)47-32-31-45(34-55(47)59)60(44-29-27-40(28-30-44)38-15-5-3-6-16-38)56-36-53-52-35-50(41-18-7-4-8-19-41)51(43-26-25-39-17-9-10-20-42(39)33-43)37-57(52)61-58(53)49-23-12-11-22-48(49)56/h3-37H,1-2H3. The van der Waals surface area contributed by atoms with Gasteiger partial charge in [0, 0.05) is 38.3 Å². The Balaban J connectivity index is 1.11. The van der Waals surface area contributed by atoms with Gasteiger partial charge < -0.3 is 9.32 Å². The van der Waals surface area contributed by atoms with Gasteiger partial charge in [-0.25, -0.2) is 0 Å². The molecule has 0 saturated carbocycles. The van der Waals surface area contributed by atoms with Crippen molar-refractivity contribution in [2.24, 2.45) is 0 Å². The number of furan rings is 1. The maximum atomic E-state index is 7.02. The first kappa shape index (κ1) is 35.3. The summed E-state index contributed by atoms with van der Waals surface area (Å²) in [7, 11) is 0. The number of anilines is 3. The highest BCUT2D eigenvalue weighted by Crippen LogP contribution is 2.52. The number of rotatable bonds is 6. The summed E-state index contributed by atoms with van der Waals surface area (Å²) in [6.07, 6.45) is 0. The molecule has 1 aliphatic carbocycles. The van der Waals surface area contributed by atoms with Gasteiger partial charge in [-0.1, -0.05) is 178 Å². The second-order valence-corrected chi connectivity index (χ2v) is 16.9. The molecular weight excluding hydrogens is 739 g/mol. The molecule has 1 aromatic heterocycles. The van der Waals surface area contributed by atoms with E-state index in [4.69, 9.17) is 4.42 Å². The van der Waals surface area contributed by atoms with Gasteiger partial charge in [0.2, 0.25) is 0 Å². The molecule has 0 fully saturated rings. The van der Waals surface area contributed by atoms with Crippen LogP contribution >= 0.6 is 0 Å². The van der Waals surface area contributed by atoms with Crippen LogP contribution in [0.2, 0.25) is 0 Å². The molecule has 0 unspecified atom stereocenters. The first-order chi connectivity index (χ1) is 30.0. The summed E-state index contributed by atoms with van der Waals surface area (Å²) >= 11 is 0. The summed E-state index contributed by atoms with van der Waals surface area (Å²) in [6.45, 7) is 4.71. The van der Waals surface area contributed by atoms with Crippen molar-refractivity contribution in [1.82, 2.24) is 0 Å². The number of benzene rings is 10. The summed E-state index contributed by atoms with van der Waals surface area (Å²) in [4.78, 5) is 2.45. The van der Waals surface area contributed by atoms with Crippen LogP contribution in [0.5, 0.6) is 0 Å². The van der Waals surface area contributed by atoms with Crippen molar-refractivity contribution in [3.05, 3.63) is 223 Å². The maximum Gasteiger partial charge on any atom is 0.143 e. The van der Waals surface area contributed by atoms with Crippen molar-refractivity contribution in [1.29, 1.82) is 0 Å². The Morgan fingerprint density at radius 2 is 0.967 bits per heavy atom. The van der Waals surface area contributed by atoms with Crippen molar-refractivity contribution < 1.29 is 4.42 Å². The minimum atomic E-state index is -0.145. The maximum absolute atomic E-state index is 7.02. The van der Waals surface area contributed by atoms with Gasteiger partial charge in [-0.3, -0.25) is 0 Å². The average molecular weight is 780 g/mol. The Morgan fingerprint density at radius 1 is 0.361 bits per heavy atom. The molecule has 1 heterocycles. The van der Waals surface area contributed by atoms with Gasteiger partial charge in [-0.2, -0.15) is 0 Å². The van der Waals surface area contributed by atoms with E-state index in [-0.39, 0.29) is 5.41 Å². The molecule has 288 valence electrons. The molecule has 2 nitrogen and oxygen atoms in total. The Kier molecular flexibility index (Phi) is 7.92. The third kappa shape index (κ3) is 5.64. The lowest BCUT2D eigenvalue weighted by Crippen LogP contribution is -2.16. The summed E-state index contributed by atoms with van der Waals surface area (Å²) in [5.74, 6) is 0. The van der Waals surface area contributed by atoms with Crippen LogP contribution in [-0.4, -0.2) is 0 Å². The van der Waals surface area contributed by atoms with E-state index in [1.165, 1.54) is 55.3 Å². The molecule has 2 heteroatoms. The van der Waals surface area contributed by atoms with Gasteiger partial charge in [0.1, 0.15) is 11.2 Å². The van der Waals surface area contributed by atoms with Crippen LogP contribution in [0.15, 0.2) is 217 Å². The Labute approximate surface area is 355 Å². The van der Waals surface area contributed by atoms with E-state index in [1.807, 2.05) is 0 Å². The number of hydrogen-bond donors (Lipinski definition) is 0.